The highest BCUT2D eigenvalue weighted by Gasteiger charge is 2.32. The number of carbonyl (C=O) groups is 1. The van der Waals surface area contributed by atoms with E-state index in [4.69, 9.17) is 4.74 Å². The Hall–Kier alpha value is -1.51. The average molecular weight is 275 g/mol. The van der Waals surface area contributed by atoms with Gasteiger partial charge in [-0.1, -0.05) is 18.2 Å². The number of aryl methyl sites for hydroxylation is 1. The number of hydrogen-bond acceptors (Lipinski definition) is 3. The Morgan fingerprint density at radius 1 is 1.35 bits per heavy atom. The van der Waals surface area contributed by atoms with Gasteiger partial charge in [-0.05, 0) is 59.1 Å². The van der Waals surface area contributed by atoms with Gasteiger partial charge in [-0.3, -0.25) is 0 Å². The van der Waals surface area contributed by atoms with Crippen LogP contribution in [-0.2, 0) is 16.0 Å². The molecule has 3 nitrogen and oxygen atoms in total. The molecule has 1 aromatic carbocycles. The van der Waals surface area contributed by atoms with Crippen LogP contribution in [0.2, 0.25) is 0 Å². The number of hydrogen-bond donors (Lipinski definition) is 0. The summed E-state index contributed by atoms with van der Waals surface area (Å²) in [6.07, 6.45) is 2.15. The molecule has 0 saturated carbocycles. The first-order chi connectivity index (χ1) is 9.29. The summed E-state index contributed by atoms with van der Waals surface area (Å²) in [4.78, 5) is 14.6. The van der Waals surface area contributed by atoms with Crippen molar-refractivity contribution in [3.63, 3.8) is 0 Å². The minimum absolute atomic E-state index is 0.152. The molecule has 0 spiro atoms. The molecule has 2 rings (SSSR count). The topological polar surface area (TPSA) is 29.5 Å². The van der Waals surface area contributed by atoms with Crippen molar-refractivity contribution in [1.29, 1.82) is 0 Å². The van der Waals surface area contributed by atoms with Gasteiger partial charge in [0.1, 0.15) is 11.6 Å². The summed E-state index contributed by atoms with van der Waals surface area (Å²) in [5, 5.41) is 0. The van der Waals surface area contributed by atoms with Crippen molar-refractivity contribution in [3.05, 3.63) is 29.8 Å². The number of anilines is 1. The van der Waals surface area contributed by atoms with Crippen molar-refractivity contribution >= 4 is 11.7 Å². The number of esters is 1. The molecule has 0 saturated heterocycles. The predicted octanol–water partition coefficient (Wildman–Crippen LogP) is 3.56. The number of benzene rings is 1. The van der Waals surface area contributed by atoms with Crippen LogP contribution in [-0.4, -0.2) is 23.7 Å². The lowest BCUT2D eigenvalue weighted by Crippen LogP contribution is -2.49. The van der Waals surface area contributed by atoms with Gasteiger partial charge < -0.3 is 9.64 Å². The van der Waals surface area contributed by atoms with Crippen LogP contribution in [0, 0.1) is 0 Å². The number of carbonyl (C=O) groups excluding carboxylic acids is 1. The zero-order valence-corrected chi connectivity index (χ0v) is 13.1. The minimum atomic E-state index is -0.441. The lowest BCUT2D eigenvalue weighted by molar-refractivity contribution is -0.156. The highest BCUT2D eigenvalue weighted by molar-refractivity contribution is 5.81. The molecule has 1 aliphatic heterocycles. The average Bonchev–Trinajstić information content (AvgIpc) is 2.36. The van der Waals surface area contributed by atoms with E-state index in [0.29, 0.717) is 6.04 Å². The van der Waals surface area contributed by atoms with Crippen LogP contribution in [0.5, 0.6) is 0 Å². The molecule has 110 valence electrons. The highest BCUT2D eigenvalue weighted by Crippen LogP contribution is 2.32. The van der Waals surface area contributed by atoms with Gasteiger partial charge in [0.25, 0.3) is 0 Å². The van der Waals surface area contributed by atoms with E-state index in [1.807, 2.05) is 33.8 Å². The maximum absolute atomic E-state index is 12.3. The molecule has 0 amide bonds. The second kappa shape index (κ2) is 5.47. The van der Waals surface area contributed by atoms with Gasteiger partial charge in [0.15, 0.2) is 0 Å². The largest absolute Gasteiger partial charge is 0.458 e. The molecule has 0 bridgehead atoms. The van der Waals surface area contributed by atoms with Gasteiger partial charge >= 0.3 is 5.97 Å². The molecule has 1 aromatic rings. The molecule has 0 aromatic heterocycles. The summed E-state index contributed by atoms with van der Waals surface area (Å²) in [5.41, 5.74) is 2.05. The Bertz CT molecular complexity index is 490. The van der Waals surface area contributed by atoms with Crippen LogP contribution in [0.3, 0.4) is 0 Å². The summed E-state index contributed by atoms with van der Waals surface area (Å²) >= 11 is 0. The molecule has 2 unspecified atom stereocenters. The molecule has 0 radical (unpaired) electrons. The number of ether oxygens (including phenoxy) is 1. The van der Waals surface area contributed by atoms with E-state index in [1.54, 1.807) is 0 Å². The molecule has 3 heteroatoms. The Morgan fingerprint density at radius 2 is 2.00 bits per heavy atom. The minimum Gasteiger partial charge on any atom is -0.458 e. The van der Waals surface area contributed by atoms with E-state index in [0.717, 1.165) is 12.8 Å². The predicted molar refractivity (Wildman–Crippen MR) is 82.0 cm³/mol. The summed E-state index contributed by atoms with van der Waals surface area (Å²) in [7, 11) is 0. The van der Waals surface area contributed by atoms with E-state index >= 15 is 0 Å². The fourth-order valence-corrected chi connectivity index (χ4v) is 2.81. The summed E-state index contributed by atoms with van der Waals surface area (Å²) in [5.74, 6) is -0.152. The smallest absolute Gasteiger partial charge is 0.329 e. The van der Waals surface area contributed by atoms with Gasteiger partial charge in [-0.15, -0.1) is 0 Å². The van der Waals surface area contributed by atoms with E-state index in [9.17, 15) is 4.79 Å². The second-order valence-corrected chi connectivity index (χ2v) is 6.63. The Kier molecular flexibility index (Phi) is 4.07. The van der Waals surface area contributed by atoms with Crippen molar-refractivity contribution in [1.82, 2.24) is 0 Å². The highest BCUT2D eigenvalue weighted by atomic mass is 16.6. The van der Waals surface area contributed by atoms with E-state index in [2.05, 4.69) is 30.0 Å². The number of nitrogens with zero attached hydrogens (tertiary/aromatic N) is 1. The van der Waals surface area contributed by atoms with Crippen LogP contribution in [0.15, 0.2) is 24.3 Å². The third kappa shape index (κ3) is 3.14. The van der Waals surface area contributed by atoms with Gasteiger partial charge in [0, 0.05) is 11.7 Å². The Balaban J connectivity index is 2.25. The van der Waals surface area contributed by atoms with Crippen LogP contribution >= 0.6 is 0 Å². The Labute approximate surface area is 121 Å². The van der Waals surface area contributed by atoms with Crippen molar-refractivity contribution in [2.24, 2.45) is 0 Å². The van der Waals surface area contributed by atoms with Gasteiger partial charge in [0.05, 0.1) is 0 Å². The van der Waals surface area contributed by atoms with Crippen molar-refractivity contribution < 1.29 is 9.53 Å². The maximum atomic E-state index is 12.3. The Morgan fingerprint density at radius 3 is 2.65 bits per heavy atom. The van der Waals surface area contributed by atoms with Crippen molar-refractivity contribution in [2.45, 2.75) is 65.1 Å². The zero-order valence-electron chi connectivity index (χ0n) is 13.1. The lowest BCUT2D eigenvalue weighted by Gasteiger charge is -2.40. The van der Waals surface area contributed by atoms with Crippen LogP contribution in [0.4, 0.5) is 5.69 Å². The first-order valence-corrected chi connectivity index (χ1v) is 7.38. The first-order valence-electron chi connectivity index (χ1n) is 7.38. The van der Waals surface area contributed by atoms with E-state index < -0.39 is 5.60 Å². The third-order valence-electron chi connectivity index (χ3n) is 3.74. The number of para-hydroxylation sites is 1. The standard InChI is InChI=1S/C17H25NO2/c1-12-10-11-14-8-6-7-9-15(14)18(12)13(2)16(19)20-17(3,4)5/h6-9,12-13H,10-11H2,1-5H3. The SMILES string of the molecule is CC1CCc2ccccc2N1C(C)C(=O)OC(C)(C)C. The number of rotatable bonds is 2. The molecule has 2 atom stereocenters. The molecule has 0 fully saturated rings. The molecule has 1 aliphatic rings. The van der Waals surface area contributed by atoms with Crippen LogP contribution < -0.4 is 4.90 Å². The zero-order chi connectivity index (χ0) is 14.9. The number of fused-ring (bicyclic) bond motifs is 1. The van der Waals surface area contributed by atoms with Crippen LogP contribution in [0.1, 0.15) is 46.6 Å². The lowest BCUT2D eigenvalue weighted by atomic mass is 9.95. The van der Waals surface area contributed by atoms with Gasteiger partial charge in [0.2, 0.25) is 0 Å². The first kappa shape index (κ1) is 14.9. The third-order valence-corrected chi connectivity index (χ3v) is 3.74. The summed E-state index contributed by atoms with van der Waals surface area (Å²) in [6.45, 7) is 9.84. The van der Waals surface area contributed by atoms with Gasteiger partial charge in [-0.25, -0.2) is 4.79 Å². The van der Waals surface area contributed by atoms with Gasteiger partial charge in [-0.2, -0.15) is 0 Å². The quantitative estimate of drug-likeness (QED) is 0.773. The van der Waals surface area contributed by atoms with Crippen molar-refractivity contribution in [3.8, 4) is 0 Å². The van der Waals surface area contributed by atoms with Crippen LogP contribution in [0.25, 0.3) is 0 Å². The normalized spacial score (nSPS) is 20.2. The molecule has 20 heavy (non-hydrogen) atoms. The molecule has 0 aliphatic carbocycles. The molecular formula is C17H25NO2. The monoisotopic (exact) mass is 275 g/mol. The maximum Gasteiger partial charge on any atom is 0.329 e. The summed E-state index contributed by atoms with van der Waals surface area (Å²) in [6, 6.07) is 8.44. The van der Waals surface area contributed by atoms with E-state index in [1.165, 1.54) is 11.3 Å². The van der Waals surface area contributed by atoms with E-state index in [-0.39, 0.29) is 12.0 Å². The molecule has 0 N–H and O–H groups in total. The second-order valence-electron chi connectivity index (χ2n) is 6.63. The molecular weight excluding hydrogens is 250 g/mol. The molecule has 1 heterocycles. The fourth-order valence-electron chi connectivity index (χ4n) is 2.81. The summed E-state index contributed by atoms with van der Waals surface area (Å²) < 4.78 is 5.54. The van der Waals surface area contributed by atoms with Crippen molar-refractivity contribution in [2.75, 3.05) is 4.90 Å². The fraction of sp³-hybridized carbons (Fsp3) is 0.588.